The van der Waals surface area contributed by atoms with Crippen molar-refractivity contribution in [3.63, 3.8) is 0 Å². The van der Waals surface area contributed by atoms with E-state index in [-0.39, 0.29) is 21.8 Å². The molecule has 0 unspecified atom stereocenters. The summed E-state index contributed by atoms with van der Waals surface area (Å²) in [7, 11) is -3.83. The molecule has 0 fully saturated rings. The van der Waals surface area contributed by atoms with Crippen LogP contribution < -0.4 is 15.8 Å². The molecule has 4 N–H and O–H groups in total. The third kappa shape index (κ3) is 5.11. The number of nitrogens with one attached hydrogen (secondary N) is 2. The number of primary sulfonamides is 1. The number of nitrogens with two attached hydrogens (primary N) is 1. The number of nitrogens with zero attached hydrogens (tertiary/aromatic N) is 2. The van der Waals surface area contributed by atoms with Gasteiger partial charge in [-0.05, 0) is 30.3 Å². The third-order valence-corrected chi connectivity index (χ3v) is 4.21. The smallest absolute Gasteiger partial charge is 0.292 e. The Hall–Kier alpha value is -3.75. The minimum atomic E-state index is -3.83. The monoisotopic (exact) mass is 387 g/mol. The lowest BCUT2D eigenvalue weighted by Gasteiger charge is -2.06. The topological polar surface area (TPSA) is 168 Å². The van der Waals surface area contributed by atoms with E-state index < -0.39 is 20.9 Å². The quantitative estimate of drug-likeness (QED) is 0.293. The van der Waals surface area contributed by atoms with Gasteiger partial charge in [-0.2, -0.15) is 5.26 Å². The summed E-state index contributed by atoms with van der Waals surface area (Å²) in [5.41, 5.74) is -0.307. The second-order valence-electron chi connectivity index (χ2n) is 5.11. The molecular weight excluding hydrogens is 374 g/mol. The minimum absolute atomic E-state index is 0.0499. The van der Waals surface area contributed by atoms with Gasteiger partial charge < -0.3 is 10.6 Å². The van der Waals surface area contributed by atoms with E-state index in [2.05, 4.69) is 10.6 Å². The predicted molar refractivity (Wildman–Crippen MR) is 96.9 cm³/mol. The second-order valence-corrected chi connectivity index (χ2v) is 6.67. The average molecular weight is 387 g/mol. The molecular formula is C16H13N5O5S. The number of benzene rings is 2. The van der Waals surface area contributed by atoms with Crippen LogP contribution in [0.2, 0.25) is 0 Å². The summed E-state index contributed by atoms with van der Waals surface area (Å²) in [4.78, 5) is 22.4. The molecule has 138 valence electrons. The first-order valence-corrected chi connectivity index (χ1v) is 8.81. The van der Waals surface area contributed by atoms with Crippen LogP contribution in [0, 0.1) is 21.4 Å². The number of nitro benzene ring substituents is 1. The van der Waals surface area contributed by atoms with E-state index in [1.54, 1.807) is 6.07 Å². The normalized spacial score (nSPS) is 11.3. The Balaban J connectivity index is 2.16. The van der Waals surface area contributed by atoms with Gasteiger partial charge in [-0.3, -0.25) is 14.9 Å². The number of rotatable bonds is 6. The van der Waals surface area contributed by atoms with Gasteiger partial charge in [0.1, 0.15) is 17.3 Å². The third-order valence-electron chi connectivity index (χ3n) is 3.28. The van der Waals surface area contributed by atoms with Crippen molar-refractivity contribution in [2.75, 3.05) is 10.6 Å². The lowest BCUT2D eigenvalue weighted by molar-refractivity contribution is -0.383. The molecule has 2 aromatic rings. The van der Waals surface area contributed by atoms with Gasteiger partial charge >= 0.3 is 0 Å². The Labute approximate surface area is 154 Å². The molecule has 0 atom stereocenters. The summed E-state index contributed by atoms with van der Waals surface area (Å²) < 4.78 is 22.4. The predicted octanol–water partition coefficient (Wildman–Crippen LogP) is 1.70. The molecule has 0 saturated heterocycles. The van der Waals surface area contributed by atoms with Crippen LogP contribution in [0.3, 0.4) is 0 Å². The van der Waals surface area contributed by atoms with Crippen LogP contribution in [0.25, 0.3) is 0 Å². The van der Waals surface area contributed by atoms with E-state index >= 15 is 0 Å². The fourth-order valence-electron chi connectivity index (χ4n) is 1.97. The molecule has 11 heteroatoms. The number of nitro groups is 1. The van der Waals surface area contributed by atoms with Gasteiger partial charge in [0.15, 0.2) is 0 Å². The fraction of sp³-hybridized carbons (Fsp3) is 0. The zero-order valence-corrected chi connectivity index (χ0v) is 14.4. The number of carbonyl (C=O) groups is 1. The Bertz CT molecular complexity index is 1060. The van der Waals surface area contributed by atoms with Gasteiger partial charge in [0.05, 0.1) is 9.82 Å². The molecule has 2 aromatic carbocycles. The lowest BCUT2D eigenvalue weighted by Crippen LogP contribution is -2.15. The number of para-hydroxylation sites is 2. The maximum atomic E-state index is 12.2. The van der Waals surface area contributed by atoms with Crippen LogP contribution in [0.4, 0.5) is 17.1 Å². The number of nitriles is 1. The van der Waals surface area contributed by atoms with Crippen molar-refractivity contribution in [2.45, 2.75) is 4.90 Å². The maximum absolute atomic E-state index is 12.2. The molecule has 2 rings (SSSR count). The van der Waals surface area contributed by atoms with Crippen LogP contribution in [-0.4, -0.2) is 19.2 Å². The van der Waals surface area contributed by atoms with Crippen molar-refractivity contribution in [2.24, 2.45) is 5.14 Å². The molecule has 10 nitrogen and oxygen atoms in total. The largest absolute Gasteiger partial charge is 0.360 e. The van der Waals surface area contributed by atoms with Crippen LogP contribution in [0.15, 0.2) is 65.2 Å². The van der Waals surface area contributed by atoms with Crippen LogP contribution in [-0.2, 0) is 14.8 Å². The van der Waals surface area contributed by atoms with E-state index in [1.807, 2.05) is 0 Å². The van der Waals surface area contributed by atoms with E-state index in [1.165, 1.54) is 48.5 Å². The average Bonchev–Trinajstić information content (AvgIpc) is 2.62. The molecule has 0 radical (unpaired) electrons. The molecule has 0 saturated carbocycles. The zero-order valence-electron chi connectivity index (χ0n) is 13.6. The van der Waals surface area contributed by atoms with Crippen LogP contribution >= 0.6 is 0 Å². The van der Waals surface area contributed by atoms with Crippen molar-refractivity contribution in [3.05, 3.63) is 70.4 Å². The summed E-state index contributed by atoms with van der Waals surface area (Å²) >= 11 is 0. The van der Waals surface area contributed by atoms with Gasteiger partial charge in [0.25, 0.3) is 11.6 Å². The van der Waals surface area contributed by atoms with Crippen LogP contribution in [0.5, 0.6) is 0 Å². The van der Waals surface area contributed by atoms with Gasteiger partial charge in [-0.15, -0.1) is 0 Å². The highest BCUT2D eigenvalue weighted by Crippen LogP contribution is 2.23. The number of sulfonamides is 1. The molecule has 0 aromatic heterocycles. The maximum Gasteiger partial charge on any atom is 0.292 e. The van der Waals surface area contributed by atoms with Crippen molar-refractivity contribution < 1.29 is 18.1 Å². The van der Waals surface area contributed by atoms with Crippen molar-refractivity contribution in [1.29, 1.82) is 5.26 Å². The molecule has 0 aliphatic carbocycles. The highest BCUT2D eigenvalue weighted by atomic mass is 32.2. The Morgan fingerprint density at radius 3 is 2.37 bits per heavy atom. The number of anilines is 2. The first kappa shape index (κ1) is 19.6. The van der Waals surface area contributed by atoms with Crippen LogP contribution in [0.1, 0.15) is 0 Å². The standard InChI is InChI=1S/C16H13N5O5S/c17-9-11(10-19-12-5-7-13(8-6-12)27(18,25)26)16(22)20-14-3-1-2-4-15(14)21(23)24/h1-8,10,19H,(H,20,22)(H2,18,25,26)/b11-10-. The summed E-state index contributed by atoms with van der Waals surface area (Å²) in [6, 6.07) is 12.5. The summed E-state index contributed by atoms with van der Waals surface area (Å²) in [5.74, 6) is -0.847. The molecule has 0 aliphatic rings. The van der Waals surface area contributed by atoms with E-state index in [0.717, 1.165) is 6.20 Å². The summed E-state index contributed by atoms with van der Waals surface area (Å²) in [6.07, 6.45) is 1.09. The Kier molecular flexibility index (Phi) is 5.86. The van der Waals surface area contributed by atoms with Crippen molar-refractivity contribution in [3.8, 4) is 6.07 Å². The minimum Gasteiger partial charge on any atom is -0.360 e. The SMILES string of the molecule is N#C/C(=C/Nc1ccc(S(N)(=O)=O)cc1)C(=O)Nc1ccccc1[N+](=O)[O-]. The molecule has 1 amide bonds. The molecule has 0 heterocycles. The Morgan fingerprint density at radius 2 is 1.81 bits per heavy atom. The molecule has 27 heavy (non-hydrogen) atoms. The molecule has 0 spiro atoms. The Morgan fingerprint density at radius 1 is 1.19 bits per heavy atom. The van der Waals surface area contributed by atoms with Gasteiger partial charge in [-0.1, -0.05) is 12.1 Å². The first-order valence-electron chi connectivity index (χ1n) is 7.27. The molecule has 0 bridgehead atoms. The summed E-state index contributed by atoms with van der Waals surface area (Å²) in [5, 5.41) is 30.1. The zero-order chi connectivity index (χ0) is 20.0. The van der Waals surface area contributed by atoms with Crippen molar-refractivity contribution in [1.82, 2.24) is 0 Å². The van der Waals surface area contributed by atoms with E-state index in [4.69, 9.17) is 10.4 Å². The highest BCUT2D eigenvalue weighted by molar-refractivity contribution is 7.89. The van der Waals surface area contributed by atoms with Gasteiger partial charge in [0, 0.05) is 18.0 Å². The second kappa shape index (κ2) is 8.09. The fourth-order valence-corrected chi connectivity index (χ4v) is 2.49. The summed E-state index contributed by atoms with van der Waals surface area (Å²) in [6.45, 7) is 0. The van der Waals surface area contributed by atoms with Gasteiger partial charge in [-0.25, -0.2) is 13.6 Å². The number of carbonyl (C=O) groups excluding carboxylic acids is 1. The van der Waals surface area contributed by atoms with E-state index in [0.29, 0.717) is 5.69 Å². The number of hydrogen-bond donors (Lipinski definition) is 3. The number of amides is 1. The highest BCUT2D eigenvalue weighted by Gasteiger charge is 2.17. The van der Waals surface area contributed by atoms with E-state index in [9.17, 15) is 23.3 Å². The van der Waals surface area contributed by atoms with Gasteiger partial charge in [0.2, 0.25) is 10.0 Å². The first-order chi connectivity index (χ1) is 12.7. The lowest BCUT2D eigenvalue weighted by atomic mass is 10.2. The molecule has 0 aliphatic heterocycles. The number of hydrogen-bond acceptors (Lipinski definition) is 7. The van der Waals surface area contributed by atoms with Crippen molar-refractivity contribution >= 4 is 33.0 Å².